The third kappa shape index (κ3) is 4.43. The molecule has 2 fully saturated rings. The predicted molar refractivity (Wildman–Crippen MR) is 82.5 cm³/mol. The van der Waals surface area contributed by atoms with Gasteiger partial charge in [0.15, 0.2) is 0 Å². The van der Waals surface area contributed by atoms with Crippen molar-refractivity contribution in [3.05, 3.63) is 0 Å². The van der Waals surface area contributed by atoms with Crippen molar-refractivity contribution in [3.8, 4) is 0 Å². The van der Waals surface area contributed by atoms with Crippen molar-refractivity contribution in [2.24, 2.45) is 17.6 Å². The lowest BCUT2D eigenvalue weighted by molar-refractivity contribution is -0.128. The molecule has 1 saturated heterocycles. The molecule has 2 amide bonds. The summed E-state index contributed by atoms with van der Waals surface area (Å²) in [6, 6.07) is 0.661. The quantitative estimate of drug-likeness (QED) is 0.820. The molecule has 0 radical (unpaired) electrons. The number of nitrogens with zero attached hydrogens (tertiary/aromatic N) is 1. The van der Waals surface area contributed by atoms with E-state index in [0.717, 1.165) is 19.3 Å². The Morgan fingerprint density at radius 1 is 1.14 bits per heavy atom. The molecule has 1 aliphatic heterocycles. The smallest absolute Gasteiger partial charge is 0.234 e. The summed E-state index contributed by atoms with van der Waals surface area (Å²) < 4.78 is 0. The predicted octanol–water partition coefficient (Wildman–Crippen LogP) is 1.27. The molecule has 0 bridgehead atoms. The van der Waals surface area contributed by atoms with Crippen LogP contribution in [-0.4, -0.2) is 41.9 Å². The second-order valence-electron chi connectivity index (χ2n) is 6.89. The molecule has 120 valence electrons. The topological polar surface area (TPSA) is 75.4 Å². The number of primary amides is 1. The number of nitrogens with one attached hydrogen (secondary N) is 1. The van der Waals surface area contributed by atoms with Gasteiger partial charge in [-0.25, -0.2) is 0 Å². The van der Waals surface area contributed by atoms with Crippen molar-refractivity contribution in [2.75, 3.05) is 13.1 Å². The lowest BCUT2D eigenvalue weighted by Crippen LogP contribution is -2.51. The highest BCUT2D eigenvalue weighted by molar-refractivity contribution is 5.79. The molecule has 1 saturated carbocycles. The number of carbonyl (C=O) groups excluding carboxylic acids is 2. The first-order valence-electron chi connectivity index (χ1n) is 8.30. The van der Waals surface area contributed by atoms with E-state index >= 15 is 0 Å². The van der Waals surface area contributed by atoms with Gasteiger partial charge in [-0.15, -0.1) is 0 Å². The Morgan fingerprint density at radius 3 is 2.52 bits per heavy atom. The highest BCUT2D eigenvalue weighted by Crippen LogP contribution is 2.24. The van der Waals surface area contributed by atoms with E-state index in [2.05, 4.69) is 24.1 Å². The lowest BCUT2D eigenvalue weighted by atomic mass is 9.86. The minimum atomic E-state index is -0.242. The van der Waals surface area contributed by atoms with Crippen molar-refractivity contribution in [1.82, 2.24) is 10.2 Å². The van der Waals surface area contributed by atoms with Crippen LogP contribution in [0.4, 0.5) is 0 Å². The zero-order valence-electron chi connectivity index (χ0n) is 13.3. The van der Waals surface area contributed by atoms with Gasteiger partial charge in [0.05, 0.1) is 12.5 Å². The van der Waals surface area contributed by atoms with E-state index in [-0.39, 0.29) is 17.7 Å². The lowest BCUT2D eigenvalue weighted by Gasteiger charge is -2.37. The summed E-state index contributed by atoms with van der Waals surface area (Å²) in [6.07, 6.45) is 6.55. The third-order valence-corrected chi connectivity index (χ3v) is 5.22. The number of rotatable bonds is 4. The molecule has 2 rings (SSSR count). The molecular formula is C16H29N3O2. The van der Waals surface area contributed by atoms with Crippen molar-refractivity contribution in [3.63, 3.8) is 0 Å². The Hall–Kier alpha value is -1.10. The number of likely N-dealkylation sites (tertiary alicyclic amines) is 1. The van der Waals surface area contributed by atoms with Crippen molar-refractivity contribution >= 4 is 11.8 Å². The van der Waals surface area contributed by atoms with E-state index in [0.29, 0.717) is 31.1 Å². The zero-order chi connectivity index (χ0) is 15.4. The van der Waals surface area contributed by atoms with Gasteiger partial charge in [0.2, 0.25) is 11.8 Å². The monoisotopic (exact) mass is 295 g/mol. The maximum Gasteiger partial charge on any atom is 0.234 e. The van der Waals surface area contributed by atoms with Gasteiger partial charge in [-0.1, -0.05) is 19.8 Å². The molecule has 0 aromatic rings. The summed E-state index contributed by atoms with van der Waals surface area (Å²) in [5.41, 5.74) is 5.41. The van der Waals surface area contributed by atoms with Gasteiger partial charge >= 0.3 is 0 Å². The summed E-state index contributed by atoms with van der Waals surface area (Å²) in [7, 11) is 0. The van der Waals surface area contributed by atoms with Crippen LogP contribution in [0.15, 0.2) is 0 Å². The summed E-state index contributed by atoms with van der Waals surface area (Å²) in [5, 5.41) is 3.18. The van der Waals surface area contributed by atoms with Crippen LogP contribution in [0.1, 0.15) is 52.4 Å². The van der Waals surface area contributed by atoms with E-state index in [1.807, 2.05) is 0 Å². The molecule has 4 atom stereocenters. The van der Waals surface area contributed by atoms with Crippen molar-refractivity contribution in [2.45, 2.75) is 64.5 Å². The van der Waals surface area contributed by atoms with Crippen LogP contribution in [0, 0.1) is 11.8 Å². The second kappa shape index (κ2) is 7.25. The Balaban J connectivity index is 1.84. The van der Waals surface area contributed by atoms with Gasteiger partial charge in [-0.05, 0) is 38.5 Å². The average molecular weight is 295 g/mol. The van der Waals surface area contributed by atoms with Crippen molar-refractivity contribution in [1.29, 1.82) is 0 Å². The highest BCUT2D eigenvalue weighted by Gasteiger charge is 2.30. The Bertz CT molecular complexity index is 386. The van der Waals surface area contributed by atoms with Crippen LogP contribution < -0.4 is 11.1 Å². The van der Waals surface area contributed by atoms with E-state index in [1.165, 1.54) is 19.3 Å². The van der Waals surface area contributed by atoms with Gasteiger partial charge in [0, 0.05) is 18.6 Å². The molecule has 1 heterocycles. The maximum absolute atomic E-state index is 12.3. The van der Waals surface area contributed by atoms with E-state index in [9.17, 15) is 9.59 Å². The minimum Gasteiger partial charge on any atom is -0.369 e. The number of hydrogen-bond acceptors (Lipinski definition) is 3. The van der Waals surface area contributed by atoms with E-state index in [1.54, 1.807) is 0 Å². The number of amides is 2. The number of carbonyl (C=O) groups is 2. The number of hydrogen-bond donors (Lipinski definition) is 2. The van der Waals surface area contributed by atoms with Crippen LogP contribution in [-0.2, 0) is 9.59 Å². The van der Waals surface area contributed by atoms with Gasteiger partial charge < -0.3 is 11.1 Å². The summed E-state index contributed by atoms with van der Waals surface area (Å²) >= 11 is 0. The van der Waals surface area contributed by atoms with E-state index in [4.69, 9.17) is 5.73 Å². The van der Waals surface area contributed by atoms with Crippen LogP contribution in [0.2, 0.25) is 0 Å². The van der Waals surface area contributed by atoms with Gasteiger partial charge in [0.1, 0.15) is 0 Å². The largest absolute Gasteiger partial charge is 0.369 e. The Morgan fingerprint density at radius 2 is 1.86 bits per heavy atom. The highest BCUT2D eigenvalue weighted by atomic mass is 16.2. The summed E-state index contributed by atoms with van der Waals surface area (Å²) in [4.78, 5) is 25.7. The van der Waals surface area contributed by atoms with Crippen LogP contribution >= 0.6 is 0 Å². The third-order valence-electron chi connectivity index (χ3n) is 5.22. The fourth-order valence-electron chi connectivity index (χ4n) is 3.60. The standard InChI is InChI=1S/C16H29N3O2/c1-11-5-3-4-6-14(11)18-15(20)10-19-9-13(16(17)21)8-7-12(19)2/h11-14H,3-10H2,1-2H3,(H2,17,21)(H,18,20)/t11-,12+,13+,14+/m1/s1. The molecule has 0 spiro atoms. The van der Waals surface area contributed by atoms with Crippen LogP contribution in [0.25, 0.3) is 0 Å². The zero-order valence-corrected chi connectivity index (χ0v) is 13.3. The number of piperidine rings is 1. The summed E-state index contributed by atoms with van der Waals surface area (Å²) in [6.45, 7) is 5.34. The molecule has 0 aromatic carbocycles. The maximum atomic E-state index is 12.3. The first-order valence-corrected chi connectivity index (χ1v) is 8.30. The van der Waals surface area contributed by atoms with Gasteiger partial charge in [-0.3, -0.25) is 14.5 Å². The van der Waals surface area contributed by atoms with Crippen LogP contribution in [0.3, 0.4) is 0 Å². The summed E-state index contributed by atoms with van der Waals surface area (Å²) in [5.74, 6) is 0.307. The average Bonchev–Trinajstić information content (AvgIpc) is 2.43. The minimum absolute atomic E-state index is 0.0886. The van der Waals surface area contributed by atoms with E-state index < -0.39 is 0 Å². The number of nitrogens with two attached hydrogens (primary N) is 1. The molecule has 21 heavy (non-hydrogen) atoms. The van der Waals surface area contributed by atoms with Crippen molar-refractivity contribution < 1.29 is 9.59 Å². The molecule has 5 nitrogen and oxygen atoms in total. The van der Waals surface area contributed by atoms with Gasteiger partial charge in [0.25, 0.3) is 0 Å². The van der Waals surface area contributed by atoms with Crippen LogP contribution in [0.5, 0.6) is 0 Å². The molecule has 0 unspecified atom stereocenters. The normalized spacial score (nSPS) is 34.4. The molecule has 1 aliphatic carbocycles. The first kappa shape index (κ1) is 16.3. The molecule has 3 N–H and O–H groups in total. The van der Waals surface area contributed by atoms with Gasteiger partial charge in [-0.2, -0.15) is 0 Å². The molecular weight excluding hydrogens is 266 g/mol. The Kier molecular flexibility index (Phi) is 5.62. The first-order chi connectivity index (χ1) is 9.97. The SMILES string of the molecule is C[C@@H]1CCCC[C@@H]1NC(=O)CN1C[C@@H](C(N)=O)CC[C@@H]1C. The second-order valence-corrected chi connectivity index (χ2v) is 6.89. The molecule has 2 aliphatic rings. The Labute approximate surface area is 127 Å². The molecule has 0 aromatic heterocycles. The fourth-order valence-corrected chi connectivity index (χ4v) is 3.60. The fraction of sp³-hybridized carbons (Fsp3) is 0.875. The molecule has 5 heteroatoms.